The largest absolute Gasteiger partial charge is 0.265 e. The SMILES string of the molecule is C=CN=CC(=C)C(=C)/C=C\C(=C)C.CC. The van der Waals surface area contributed by atoms with Gasteiger partial charge in [-0.1, -0.05) is 57.9 Å². The van der Waals surface area contributed by atoms with E-state index in [1.807, 2.05) is 32.9 Å². The molecule has 0 saturated heterocycles. The van der Waals surface area contributed by atoms with E-state index in [0.717, 1.165) is 16.7 Å². The summed E-state index contributed by atoms with van der Waals surface area (Å²) in [7, 11) is 0. The molecule has 0 aliphatic heterocycles. The third kappa shape index (κ3) is 10.3. The zero-order valence-electron chi connectivity index (χ0n) is 10.1. The van der Waals surface area contributed by atoms with Gasteiger partial charge in [-0.05, 0) is 18.1 Å². The standard InChI is InChI=1S/C12H15N.C2H6/c1-6-13-9-12(5)11(4)8-7-10(2)3;1-2/h6-9H,1-2,4-5H2,3H3;1-2H3/b8-7-,13-9?;. The van der Waals surface area contributed by atoms with Crippen LogP contribution in [0.4, 0.5) is 0 Å². The Morgan fingerprint density at radius 3 is 1.93 bits per heavy atom. The van der Waals surface area contributed by atoms with Crippen molar-refractivity contribution < 1.29 is 0 Å². The molecule has 0 unspecified atom stereocenters. The summed E-state index contributed by atoms with van der Waals surface area (Å²) in [6.45, 7) is 20.7. The van der Waals surface area contributed by atoms with Crippen molar-refractivity contribution in [3.63, 3.8) is 0 Å². The molecule has 0 fully saturated rings. The Labute approximate surface area is 93.9 Å². The Hall–Kier alpha value is -1.63. The van der Waals surface area contributed by atoms with Gasteiger partial charge in [-0.25, -0.2) is 0 Å². The van der Waals surface area contributed by atoms with E-state index in [9.17, 15) is 0 Å². The van der Waals surface area contributed by atoms with E-state index >= 15 is 0 Å². The molecule has 0 N–H and O–H groups in total. The molecule has 0 aromatic carbocycles. The van der Waals surface area contributed by atoms with Gasteiger partial charge in [0.25, 0.3) is 0 Å². The summed E-state index contributed by atoms with van der Waals surface area (Å²) in [5.41, 5.74) is 2.58. The molecule has 1 nitrogen and oxygen atoms in total. The maximum atomic E-state index is 3.84. The summed E-state index contributed by atoms with van der Waals surface area (Å²) in [5.74, 6) is 0. The summed E-state index contributed by atoms with van der Waals surface area (Å²) < 4.78 is 0. The minimum atomic E-state index is 0.775. The van der Waals surface area contributed by atoms with Crippen molar-refractivity contribution in [3.8, 4) is 0 Å². The van der Waals surface area contributed by atoms with Crippen LogP contribution in [0.15, 0.2) is 66.4 Å². The maximum Gasteiger partial charge on any atom is 0.0339 e. The second kappa shape index (κ2) is 10.5. The van der Waals surface area contributed by atoms with Gasteiger partial charge in [-0.3, -0.25) is 4.99 Å². The summed E-state index contributed by atoms with van der Waals surface area (Å²) in [5, 5.41) is 0. The van der Waals surface area contributed by atoms with Crippen LogP contribution in [0.2, 0.25) is 0 Å². The average molecular weight is 203 g/mol. The quantitative estimate of drug-likeness (QED) is 0.461. The first-order valence-corrected chi connectivity index (χ1v) is 4.93. The van der Waals surface area contributed by atoms with Crippen LogP contribution in [0.25, 0.3) is 0 Å². The number of hydrogen-bond donors (Lipinski definition) is 0. The molecule has 15 heavy (non-hydrogen) atoms. The molecule has 0 spiro atoms. The second-order valence-corrected chi connectivity index (χ2v) is 2.69. The van der Waals surface area contributed by atoms with Crippen LogP contribution in [-0.4, -0.2) is 6.21 Å². The zero-order valence-corrected chi connectivity index (χ0v) is 10.1. The van der Waals surface area contributed by atoms with Crippen molar-refractivity contribution >= 4 is 6.21 Å². The molecule has 0 amide bonds. The van der Waals surface area contributed by atoms with Gasteiger partial charge in [0.05, 0.1) is 0 Å². The van der Waals surface area contributed by atoms with Crippen molar-refractivity contribution in [2.24, 2.45) is 4.99 Å². The Morgan fingerprint density at radius 2 is 1.53 bits per heavy atom. The smallest absolute Gasteiger partial charge is 0.0339 e. The number of hydrogen-bond acceptors (Lipinski definition) is 1. The predicted octanol–water partition coefficient (Wildman–Crippen LogP) is 4.47. The monoisotopic (exact) mass is 203 g/mol. The molecule has 1 heteroatoms. The third-order valence-corrected chi connectivity index (χ3v) is 1.32. The fraction of sp³-hybridized carbons (Fsp3) is 0.214. The summed E-state index contributed by atoms with van der Waals surface area (Å²) in [4.78, 5) is 3.84. The van der Waals surface area contributed by atoms with Crippen LogP contribution < -0.4 is 0 Å². The minimum absolute atomic E-state index is 0.775. The van der Waals surface area contributed by atoms with Crippen LogP contribution in [-0.2, 0) is 0 Å². The highest BCUT2D eigenvalue weighted by Gasteiger charge is 1.90. The van der Waals surface area contributed by atoms with E-state index in [1.165, 1.54) is 6.20 Å². The maximum absolute atomic E-state index is 3.84. The lowest BCUT2D eigenvalue weighted by Gasteiger charge is -1.96. The lowest BCUT2D eigenvalue weighted by Crippen LogP contribution is -1.83. The summed E-state index contributed by atoms with van der Waals surface area (Å²) >= 11 is 0. The van der Waals surface area contributed by atoms with Gasteiger partial charge in [0.15, 0.2) is 0 Å². The molecule has 82 valence electrons. The number of allylic oxidation sites excluding steroid dienone is 5. The molecule has 0 bridgehead atoms. The highest BCUT2D eigenvalue weighted by Crippen LogP contribution is 2.05. The lowest BCUT2D eigenvalue weighted by atomic mass is 10.1. The van der Waals surface area contributed by atoms with Crippen molar-refractivity contribution in [3.05, 3.63) is 61.4 Å². The topological polar surface area (TPSA) is 12.4 Å². The highest BCUT2D eigenvalue weighted by atomic mass is 14.7. The van der Waals surface area contributed by atoms with Crippen LogP contribution in [0.1, 0.15) is 20.8 Å². The van der Waals surface area contributed by atoms with E-state index in [4.69, 9.17) is 0 Å². The van der Waals surface area contributed by atoms with E-state index in [1.54, 1.807) is 6.21 Å². The lowest BCUT2D eigenvalue weighted by molar-refractivity contribution is 1.50. The Kier molecular flexibility index (Phi) is 11.0. The normalized spacial score (nSPS) is 9.53. The number of rotatable bonds is 5. The Balaban J connectivity index is 0. The zero-order chi connectivity index (χ0) is 12.3. The van der Waals surface area contributed by atoms with Crippen molar-refractivity contribution in [2.45, 2.75) is 20.8 Å². The van der Waals surface area contributed by atoms with Gasteiger partial charge < -0.3 is 0 Å². The van der Waals surface area contributed by atoms with Gasteiger partial charge in [-0.15, -0.1) is 0 Å². The molecular formula is C14H21N. The van der Waals surface area contributed by atoms with E-state index < -0.39 is 0 Å². The molecule has 0 radical (unpaired) electrons. The predicted molar refractivity (Wildman–Crippen MR) is 72.3 cm³/mol. The Morgan fingerprint density at radius 1 is 1.00 bits per heavy atom. The molecule has 0 aliphatic carbocycles. The van der Waals surface area contributed by atoms with Crippen molar-refractivity contribution in [1.82, 2.24) is 0 Å². The van der Waals surface area contributed by atoms with Crippen LogP contribution in [0.3, 0.4) is 0 Å². The van der Waals surface area contributed by atoms with E-state index in [-0.39, 0.29) is 0 Å². The summed E-state index contributed by atoms with van der Waals surface area (Å²) in [6, 6.07) is 0. The van der Waals surface area contributed by atoms with Gasteiger partial charge in [0, 0.05) is 12.4 Å². The molecule has 0 aromatic heterocycles. The van der Waals surface area contributed by atoms with Crippen LogP contribution >= 0.6 is 0 Å². The molecule has 0 aliphatic rings. The highest BCUT2D eigenvalue weighted by molar-refractivity contribution is 5.85. The summed E-state index contributed by atoms with van der Waals surface area (Å²) in [6.07, 6.45) is 6.83. The van der Waals surface area contributed by atoms with Gasteiger partial charge in [0.1, 0.15) is 0 Å². The van der Waals surface area contributed by atoms with Crippen molar-refractivity contribution in [1.29, 1.82) is 0 Å². The first-order valence-electron chi connectivity index (χ1n) is 4.93. The number of nitrogens with zero attached hydrogens (tertiary/aromatic N) is 1. The van der Waals surface area contributed by atoms with E-state index in [0.29, 0.717) is 0 Å². The average Bonchev–Trinajstić information content (AvgIpc) is 2.25. The Bertz CT molecular complexity index is 290. The molecule has 0 heterocycles. The van der Waals surface area contributed by atoms with Crippen LogP contribution in [0, 0.1) is 0 Å². The van der Waals surface area contributed by atoms with Gasteiger partial charge in [0.2, 0.25) is 0 Å². The van der Waals surface area contributed by atoms with E-state index in [2.05, 4.69) is 31.3 Å². The minimum Gasteiger partial charge on any atom is -0.265 e. The molecule has 0 saturated carbocycles. The van der Waals surface area contributed by atoms with Gasteiger partial charge in [-0.2, -0.15) is 0 Å². The molecule has 0 aromatic rings. The number of aliphatic imine (C=N–C) groups is 1. The molecule has 0 rings (SSSR count). The first-order chi connectivity index (χ1) is 7.07. The molecule has 0 atom stereocenters. The fourth-order valence-electron chi connectivity index (χ4n) is 0.575. The van der Waals surface area contributed by atoms with Gasteiger partial charge >= 0.3 is 0 Å². The second-order valence-electron chi connectivity index (χ2n) is 2.69. The van der Waals surface area contributed by atoms with Crippen molar-refractivity contribution in [2.75, 3.05) is 0 Å². The fourth-order valence-corrected chi connectivity index (χ4v) is 0.575. The molecular weight excluding hydrogens is 182 g/mol. The first kappa shape index (κ1) is 15.8. The van der Waals surface area contributed by atoms with Crippen LogP contribution in [0.5, 0.6) is 0 Å². The third-order valence-electron chi connectivity index (χ3n) is 1.32.